The molecule has 0 bridgehead atoms. The van der Waals surface area contributed by atoms with Crippen LogP contribution in [0.25, 0.3) is 0 Å². The molecule has 0 aromatic carbocycles. The molecule has 0 aliphatic heterocycles. The van der Waals surface area contributed by atoms with Crippen molar-refractivity contribution in [2.75, 3.05) is 46.1 Å². The molecule has 11 nitrogen and oxygen atoms in total. The molecule has 0 saturated heterocycles. The number of nitrogens with one attached hydrogen (secondary N) is 2. The zero-order valence-corrected chi connectivity index (χ0v) is 17.3. The minimum Gasteiger partial charge on any atom is -0.460 e. The van der Waals surface area contributed by atoms with Crippen molar-refractivity contribution >= 4 is 31.6 Å². The molecular weight excluding hydrogens is 399 g/mol. The number of ether oxygens (including phenoxy) is 4. The van der Waals surface area contributed by atoms with Gasteiger partial charge in [0.2, 0.25) is 0 Å². The summed E-state index contributed by atoms with van der Waals surface area (Å²) in [5.74, 6) is -1.05. The van der Waals surface area contributed by atoms with Crippen molar-refractivity contribution in [3.8, 4) is 0 Å². The van der Waals surface area contributed by atoms with Gasteiger partial charge in [0, 0.05) is 11.1 Å². The monoisotopic (exact) mass is 427 g/mol. The lowest BCUT2D eigenvalue weighted by Gasteiger charge is -2.09. The molecule has 0 heterocycles. The first-order valence-electron chi connectivity index (χ1n) is 9.13. The van der Waals surface area contributed by atoms with E-state index in [4.69, 9.17) is 23.6 Å². The summed E-state index contributed by atoms with van der Waals surface area (Å²) in [4.78, 5) is 44.9. The Hall–Kier alpha value is -3.02. The Morgan fingerprint density at radius 2 is 1.17 bits per heavy atom. The molecule has 2 amide bonds. The maximum atomic E-state index is 11.4. The highest BCUT2D eigenvalue weighted by Crippen LogP contribution is 1.92. The summed E-state index contributed by atoms with van der Waals surface area (Å²) in [6.45, 7) is 10.4. The molecule has 0 aromatic heterocycles. The third kappa shape index (κ3) is 16.0. The van der Waals surface area contributed by atoms with Crippen LogP contribution in [0.4, 0.5) is 9.59 Å². The molecule has 0 spiro atoms. The van der Waals surface area contributed by atoms with Gasteiger partial charge in [0.1, 0.15) is 19.8 Å². The fourth-order valence-electron chi connectivity index (χ4n) is 1.49. The molecule has 30 heavy (non-hydrogen) atoms. The second kappa shape index (κ2) is 16.9. The van der Waals surface area contributed by atoms with E-state index in [-0.39, 0.29) is 57.3 Å². The number of rotatable bonds is 15. The minimum absolute atomic E-state index is 0.0120. The lowest BCUT2D eigenvalue weighted by Crippen LogP contribution is -2.30. The Bertz CT molecular complexity index is 558. The van der Waals surface area contributed by atoms with Crippen molar-refractivity contribution in [2.45, 2.75) is 20.2 Å². The van der Waals surface area contributed by atoms with Crippen LogP contribution in [0.1, 0.15) is 13.8 Å². The van der Waals surface area contributed by atoms with Crippen LogP contribution in [0.5, 0.6) is 0 Å². The molecule has 0 fully saturated rings. The van der Waals surface area contributed by atoms with Gasteiger partial charge in [-0.15, -0.1) is 0 Å². The largest absolute Gasteiger partial charge is 0.460 e. The molecule has 0 rings (SSSR count). The van der Waals surface area contributed by atoms with Crippen LogP contribution in [0, 0.1) is 0 Å². The number of hydrogen-bond acceptors (Lipinski definition) is 9. The fraction of sp³-hybridized carbons (Fsp3) is 0.556. The number of hydrogen-bond donors (Lipinski definition) is 2. The van der Waals surface area contributed by atoms with E-state index in [1.165, 1.54) is 21.3 Å². The number of alkyl carbamates (subject to hydrolysis) is 2. The maximum Gasteiger partial charge on any atom is 0.407 e. The first-order valence-corrected chi connectivity index (χ1v) is 9.13. The molecule has 12 heteroatoms. The van der Waals surface area contributed by atoms with E-state index in [9.17, 15) is 19.2 Å². The molecule has 0 unspecified atom stereocenters. The van der Waals surface area contributed by atoms with Crippen LogP contribution in [0.3, 0.4) is 0 Å². The van der Waals surface area contributed by atoms with Gasteiger partial charge in [-0.1, -0.05) is 13.2 Å². The molecule has 0 aliphatic rings. The van der Waals surface area contributed by atoms with E-state index in [1.807, 2.05) is 0 Å². The van der Waals surface area contributed by atoms with E-state index in [0.29, 0.717) is 6.32 Å². The van der Waals surface area contributed by atoms with Gasteiger partial charge in [0.15, 0.2) is 0 Å². The summed E-state index contributed by atoms with van der Waals surface area (Å²) < 4.78 is 24.4. The van der Waals surface area contributed by atoms with Crippen molar-refractivity contribution in [1.82, 2.24) is 10.6 Å². The topological polar surface area (TPSA) is 138 Å². The average Bonchev–Trinajstić information content (AvgIpc) is 2.69. The zero-order valence-electron chi connectivity index (χ0n) is 17.3. The first-order chi connectivity index (χ1) is 14.2. The van der Waals surface area contributed by atoms with Gasteiger partial charge in [-0.25, -0.2) is 19.2 Å². The van der Waals surface area contributed by atoms with Crippen molar-refractivity contribution in [3.63, 3.8) is 0 Å². The predicted molar refractivity (Wildman–Crippen MR) is 107 cm³/mol. The quantitative estimate of drug-likeness (QED) is 0.127. The van der Waals surface area contributed by atoms with Crippen LogP contribution in [-0.2, 0) is 33.2 Å². The summed E-state index contributed by atoms with van der Waals surface area (Å²) >= 11 is 0. The summed E-state index contributed by atoms with van der Waals surface area (Å²) in [5.41, 5.74) is 0.555. The van der Waals surface area contributed by atoms with E-state index in [1.54, 1.807) is 0 Å². The first kappa shape index (κ1) is 27.0. The van der Waals surface area contributed by atoms with Gasteiger partial charge >= 0.3 is 24.1 Å². The van der Waals surface area contributed by atoms with Gasteiger partial charge in [-0.3, -0.25) is 0 Å². The predicted octanol–water partition coefficient (Wildman–Crippen LogP) is 0.732. The van der Waals surface area contributed by atoms with Crippen LogP contribution in [0.2, 0.25) is 6.32 Å². The summed E-state index contributed by atoms with van der Waals surface area (Å²) in [6, 6.07) is 0. The summed E-state index contributed by atoms with van der Waals surface area (Å²) in [6.07, 6.45) is -0.985. The Labute approximate surface area is 176 Å². The maximum absolute atomic E-state index is 11.4. The van der Waals surface area contributed by atoms with Gasteiger partial charge < -0.3 is 34.2 Å². The smallest absolute Gasteiger partial charge is 0.407 e. The van der Waals surface area contributed by atoms with Crippen molar-refractivity contribution < 1.29 is 42.8 Å². The molecular formula is C18H28BN2O9. The zero-order chi connectivity index (χ0) is 22.8. The number of amides is 2. The van der Waals surface area contributed by atoms with E-state index >= 15 is 0 Å². The highest BCUT2D eigenvalue weighted by molar-refractivity contribution is 6.27. The Kier molecular flexibility index (Phi) is 15.2. The van der Waals surface area contributed by atoms with Crippen molar-refractivity contribution in [1.29, 1.82) is 0 Å². The van der Waals surface area contributed by atoms with Crippen LogP contribution in [-0.4, -0.2) is 77.7 Å². The number of esters is 2. The van der Waals surface area contributed by atoms with E-state index in [0.717, 1.165) is 0 Å². The summed E-state index contributed by atoms with van der Waals surface area (Å²) in [7, 11) is 1.42. The van der Waals surface area contributed by atoms with Crippen LogP contribution in [0.15, 0.2) is 24.3 Å². The van der Waals surface area contributed by atoms with Crippen LogP contribution >= 0.6 is 0 Å². The van der Waals surface area contributed by atoms with Crippen LogP contribution < -0.4 is 10.6 Å². The normalized spacial score (nSPS) is 9.67. The standard InChI is InChI=1S/C18H28BN2O9/c1-13(2)15(22)26-9-6-20-17(24)28-8-5-19-30-12-11-29-18(25)21-7-10-27-16(23)14(3)4/h1,3,5-12H2,2,4H3,(H,20,24)(H,21,25). The molecule has 0 aromatic rings. The van der Waals surface area contributed by atoms with Crippen molar-refractivity contribution in [3.05, 3.63) is 24.3 Å². The highest BCUT2D eigenvalue weighted by Gasteiger charge is 2.06. The molecule has 2 N–H and O–H groups in total. The molecule has 0 atom stereocenters. The third-order valence-electron chi connectivity index (χ3n) is 2.93. The average molecular weight is 427 g/mol. The van der Waals surface area contributed by atoms with Crippen molar-refractivity contribution in [2.24, 2.45) is 0 Å². The van der Waals surface area contributed by atoms with E-state index < -0.39 is 24.1 Å². The lowest BCUT2D eigenvalue weighted by molar-refractivity contribution is -0.139. The Morgan fingerprint density at radius 3 is 1.63 bits per heavy atom. The molecule has 167 valence electrons. The number of carbonyl (C=O) groups is 4. The van der Waals surface area contributed by atoms with Gasteiger partial charge in [-0.2, -0.15) is 0 Å². The molecule has 0 saturated carbocycles. The Morgan fingerprint density at radius 1 is 0.700 bits per heavy atom. The molecule has 0 aliphatic carbocycles. The van der Waals surface area contributed by atoms with Gasteiger partial charge in [0.25, 0.3) is 7.48 Å². The van der Waals surface area contributed by atoms with Gasteiger partial charge in [-0.05, 0) is 20.2 Å². The Balaban J connectivity index is 3.44. The minimum atomic E-state index is -0.668. The third-order valence-corrected chi connectivity index (χ3v) is 2.93. The number of carbonyl (C=O) groups excluding carboxylic acids is 4. The second-order valence-corrected chi connectivity index (χ2v) is 5.78. The lowest BCUT2D eigenvalue weighted by atomic mass is 9.96. The summed E-state index contributed by atoms with van der Waals surface area (Å²) in [5, 5.41) is 4.82. The fourth-order valence-corrected chi connectivity index (χ4v) is 1.49. The molecule has 1 radical (unpaired) electrons. The highest BCUT2D eigenvalue weighted by atomic mass is 16.6. The van der Waals surface area contributed by atoms with Gasteiger partial charge in [0.05, 0.1) is 26.3 Å². The van der Waals surface area contributed by atoms with E-state index in [2.05, 4.69) is 23.8 Å². The SMILES string of the molecule is C=C(C)C(=O)OCCNC(=O)OCC[B]OCCOC(=O)NCCOC(=O)C(=C)C. The second-order valence-electron chi connectivity index (χ2n) is 5.78.